The van der Waals surface area contributed by atoms with Crippen molar-refractivity contribution >= 4 is 11.8 Å². The molecule has 0 unspecified atom stereocenters. The first-order chi connectivity index (χ1) is 11.7. The quantitative estimate of drug-likeness (QED) is 0.788. The zero-order chi connectivity index (χ0) is 18.6. The third-order valence-corrected chi connectivity index (χ3v) is 3.80. The van der Waals surface area contributed by atoms with Crippen LogP contribution in [0.5, 0.6) is 5.75 Å². The maximum absolute atomic E-state index is 12.1. The number of imide groups is 1. The zero-order valence-corrected chi connectivity index (χ0v) is 14.6. The summed E-state index contributed by atoms with van der Waals surface area (Å²) in [6, 6.07) is 9.13. The van der Waals surface area contributed by atoms with E-state index in [0.29, 0.717) is 0 Å². The number of carbonyl (C=O) groups is 2. The van der Waals surface area contributed by atoms with Crippen LogP contribution >= 0.6 is 0 Å². The first-order valence-electron chi connectivity index (χ1n) is 8.02. The van der Waals surface area contributed by atoms with Gasteiger partial charge in [-0.3, -0.25) is 19.9 Å². The molecule has 1 aromatic carbocycles. The molecule has 0 radical (unpaired) electrons. The van der Waals surface area contributed by atoms with Crippen molar-refractivity contribution in [2.24, 2.45) is 5.73 Å². The molecule has 0 aliphatic carbocycles. The molecule has 0 saturated heterocycles. The van der Waals surface area contributed by atoms with Crippen molar-refractivity contribution in [2.45, 2.75) is 38.6 Å². The minimum atomic E-state index is -0.884. The third kappa shape index (κ3) is 4.87. The largest absolute Gasteiger partial charge is 0.508 e. The lowest BCUT2D eigenvalue weighted by molar-refractivity contribution is -0.121. The normalized spacial score (nSPS) is 12.5. The van der Waals surface area contributed by atoms with E-state index in [-0.39, 0.29) is 23.3 Å². The van der Waals surface area contributed by atoms with E-state index in [9.17, 15) is 14.7 Å². The number of nitrogens with one attached hydrogen (secondary N) is 1. The first-order valence-corrected chi connectivity index (χ1v) is 8.02. The van der Waals surface area contributed by atoms with Crippen LogP contribution in [0.3, 0.4) is 0 Å². The van der Waals surface area contributed by atoms with Gasteiger partial charge in [0.05, 0.1) is 6.04 Å². The molecule has 1 heterocycles. The predicted molar refractivity (Wildman–Crippen MR) is 95.2 cm³/mol. The van der Waals surface area contributed by atoms with Crippen LogP contribution in [0.25, 0.3) is 0 Å². The second-order valence-electron chi connectivity index (χ2n) is 6.95. The molecule has 0 bridgehead atoms. The van der Waals surface area contributed by atoms with E-state index < -0.39 is 17.9 Å². The number of hydrogen-bond acceptors (Lipinski definition) is 5. The lowest BCUT2D eigenvalue weighted by Gasteiger charge is -2.21. The first kappa shape index (κ1) is 18.6. The number of aromatic hydroxyl groups is 1. The summed E-state index contributed by atoms with van der Waals surface area (Å²) in [6.45, 7) is 5.97. The van der Waals surface area contributed by atoms with Crippen LogP contribution in [0.15, 0.2) is 42.6 Å². The van der Waals surface area contributed by atoms with E-state index in [4.69, 9.17) is 5.73 Å². The number of rotatable bonds is 4. The highest BCUT2D eigenvalue weighted by Crippen LogP contribution is 2.31. The average molecular weight is 341 g/mol. The molecule has 0 fully saturated rings. The van der Waals surface area contributed by atoms with Crippen molar-refractivity contribution in [1.82, 2.24) is 10.3 Å². The summed E-state index contributed by atoms with van der Waals surface area (Å²) in [6.07, 6.45) is 1.73. The number of aromatic nitrogens is 1. The minimum absolute atomic E-state index is 0.155. The van der Waals surface area contributed by atoms with Crippen molar-refractivity contribution in [2.75, 3.05) is 0 Å². The molecule has 0 aliphatic heterocycles. The average Bonchev–Trinajstić information content (AvgIpc) is 2.56. The number of pyridine rings is 1. The molecule has 0 spiro atoms. The molecule has 4 N–H and O–H groups in total. The van der Waals surface area contributed by atoms with E-state index in [1.807, 2.05) is 26.8 Å². The number of benzene rings is 1. The number of amides is 2. The van der Waals surface area contributed by atoms with Crippen LogP contribution < -0.4 is 11.1 Å². The summed E-state index contributed by atoms with van der Waals surface area (Å²) in [5.41, 5.74) is 7.44. The Kier molecular flexibility index (Phi) is 5.54. The van der Waals surface area contributed by atoms with Crippen molar-refractivity contribution in [1.29, 1.82) is 0 Å². The van der Waals surface area contributed by atoms with E-state index in [1.165, 1.54) is 12.3 Å². The fourth-order valence-electron chi connectivity index (χ4n) is 2.42. The second-order valence-corrected chi connectivity index (χ2v) is 6.95. The molecular formula is C19H23N3O3. The van der Waals surface area contributed by atoms with Gasteiger partial charge in [-0.15, -0.1) is 0 Å². The lowest BCUT2D eigenvalue weighted by Crippen LogP contribution is -2.44. The highest BCUT2D eigenvalue weighted by atomic mass is 16.3. The van der Waals surface area contributed by atoms with Crippen LogP contribution in [0.4, 0.5) is 0 Å². The van der Waals surface area contributed by atoms with Gasteiger partial charge in [-0.1, -0.05) is 39.0 Å². The second kappa shape index (κ2) is 7.44. The number of nitrogens with zero attached hydrogens (tertiary/aromatic N) is 1. The molecule has 2 amide bonds. The van der Waals surface area contributed by atoms with Crippen LogP contribution in [0.1, 0.15) is 42.4 Å². The lowest BCUT2D eigenvalue weighted by atomic mass is 9.85. The number of hydrogen-bond donors (Lipinski definition) is 3. The number of carbonyl (C=O) groups excluding carboxylic acids is 2. The number of nitrogens with two attached hydrogens (primary N) is 1. The van der Waals surface area contributed by atoms with Gasteiger partial charge in [-0.05, 0) is 41.2 Å². The van der Waals surface area contributed by atoms with Gasteiger partial charge in [0.1, 0.15) is 11.4 Å². The summed E-state index contributed by atoms with van der Waals surface area (Å²) in [4.78, 5) is 28.0. The van der Waals surface area contributed by atoms with Gasteiger partial charge in [-0.25, -0.2) is 0 Å². The molecule has 1 aromatic heterocycles. The number of phenolic OH excluding ortho intramolecular Hbond substituents is 1. The molecule has 2 rings (SSSR count). The maximum Gasteiger partial charge on any atom is 0.276 e. The van der Waals surface area contributed by atoms with Gasteiger partial charge in [0.25, 0.3) is 5.91 Å². The summed E-state index contributed by atoms with van der Waals surface area (Å²) < 4.78 is 0. The summed E-state index contributed by atoms with van der Waals surface area (Å²) in [5, 5.41) is 12.3. The Morgan fingerprint density at radius 3 is 2.56 bits per heavy atom. The standard InChI is InChI=1S/C19H23N3O3/c1-19(2,3)13-10-12(7-8-16(13)23)11-14(20)17(24)22-18(25)15-6-4-5-9-21-15/h4-10,14,23H,11,20H2,1-3H3,(H,22,24,25)/t14-/m0/s1. The highest BCUT2D eigenvalue weighted by molar-refractivity contribution is 6.05. The summed E-state index contributed by atoms with van der Waals surface area (Å²) >= 11 is 0. The zero-order valence-electron chi connectivity index (χ0n) is 14.6. The fraction of sp³-hybridized carbons (Fsp3) is 0.316. The van der Waals surface area contributed by atoms with Crippen molar-refractivity contribution < 1.29 is 14.7 Å². The molecule has 1 atom stereocenters. The van der Waals surface area contributed by atoms with Gasteiger partial charge in [0.2, 0.25) is 5.91 Å². The smallest absolute Gasteiger partial charge is 0.276 e. The Balaban J connectivity index is 2.05. The van der Waals surface area contributed by atoms with Crippen molar-refractivity contribution in [3.05, 3.63) is 59.4 Å². The van der Waals surface area contributed by atoms with Crippen LogP contribution in [0, 0.1) is 0 Å². The molecule has 6 nitrogen and oxygen atoms in total. The Labute approximate surface area is 147 Å². The molecule has 6 heteroatoms. The molecule has 132 valence electrons. The van der Waals surface area contributed by atoms with E-state index in [2.05, 4.69) is 10.3 Å². The molecule has 0 saturated carbocycles. The van der Waals surface area contributed by atoms with Gasteiger partial charge in [0.15, 0.2) is 0 Å². The van der Waals surface area contributed by atoms with Gasteiger partial charge < -0.3 is 10.8 Å². The van der Waals surface area contributed by atoms with Crippen molar-refractivity contribution in [3.8, 4) is 5.75 Å². The van der Waals surface area contributed by atoms with Crippen LogP contribution in [0.2, 0.25) is 0 Å². The summed E-state index contributed by atoms with van der Waals surface area (Å²) in [7, 11) is 0. The molecule has 2 aromatic rings. The Hall–Kier alpha value is -2.73. The van der Waals surface area contributed by atoms with Crippen LogP contribution in [-0.2, 0) is 16.6 Å². The molecule has 0 aliphatic rings. The van der Waals surface area contributed by atoms with Gasteiger partial charge >= 0.3 is 0 Å². The van der Waals surface area contributed by atoms with Gasteiger partial charge in [-0.2, -0.15) is 0 Å². The van der Waals surface area contributed by atoms with E-state index >= 15 is 0 Å². The molecule has 25 heavy (non-hydrogen) atoms. The molecular weight excluding hydrogens is 318 g/mol. The maximum atomic E-state index is 12.1. The Morgan fingerprint density at radius 1 is 1.24 bits per heavy atom. The van der Waals surface area contributed by atoms with E-state index in [0.717, 1.165) is 11.1 Å². The van der Waals surface area contributed by atoms with E-state index in [1.54, 1.807) is 24.3 Å². The van der Waals surface area contributed by atoms with Gasteiger partial charge in [0, 0.05) is 6.20 Å². The predicted octanol–water partition coefficient (Wildman–Crippen LogP) is 1.91. The Bertz CT molecular complexity index is 767. The minimum Gasteiger partial charge on any atom is -0.508 e. The SMILES string of the molecule is CC(C)(C)c1cc(C[C@H](N)C(=O)NC(=O)c2ccccn2)ccc1O. The Morgan fingerprint density at radius 2 is 1.96 bits per heavy atom. The summed E-state index contributed by atoms with van der Waals surface area (Å²) in [5.74, 6) is -0.942. The monoisotopic (exact) mass is 341 g/mol. The van der Waals surface area contributed by atoms with Crippen molar-refractivity contribution in [3.63, 3.8) is 0 Å². The van der Waals surface area contributed by atoms with Crippen LogP contribution in [-0.4, -0.2) is 27.9 Å². The fourth-order valence-corrected chi connectivity index (χ4v) is 2.42. The number of phenols is 1. The third-order valence-electron chi connectivity index (χ3n) is 3.80. The highest BCUT2D eigenvalue weighted by Gasteiger charge is 2.21. The topological polar surface area (TPSA) is 105 Å².